The number of alkyl halides is 3. The van der Waals surface area contributed by atoms with Crippen LogP contribution in [0, 0.1) is 11.7 Å². The minimum atomic E-state index is -4.71. The van der Waals surface area contributed by atoms with Gasteiger partial charge in [-0.3, -0.25) is 9.78 Å². The van der Waals surface area contributed by atoms with Crippen LogP contribution >= 0.6 is 0 Å². The molecule has 0 saturated heterocycles. The number of aromatic nitrogens is 1. The predicted molar refractivity (Wildman–Crippen MR) is 102 cm³/mol. The van der Waals surface area contributed by atoms with Gasteiger partial charge >= 0.3 is 6.18 Å². The number of rotatable bonds is 6. The highest BCUT2D eigenvalue weighted by Gasteiger charge is 2.32. The Hall–Kier alpha value is -2.68. The van der Waals surface area contributed by atoms with Gasteiger partial charge < -0.3 is 15.7 Å². The van der Waals surface area contributed by atoms with E-state index in [2.05, 4.69) is 15.6 Å². The van der Waals surface area contributed by atoms with E-state index in [0.29, 0.717) is 30.9 Å². The van der Waals surface area contributed by atoms with Gasteiger partial charge in [-0.2, -0.15) is 13.2 Å². The van der Waals surface area contributed by atoms with Crippen molar-refractivity contribution in [1.82, 2.24) is 15.6 Å². The number of amides is 1. The van der Waals surface area contributed by atoms with Crippen molar-refractivity contribution in [3.05, 3.63) is 59.2 Å². The van der Waals surface area contributed by atoms with Crippen LogP contribution < -0.4 is 10.6 Å². The van der Waals surface area contributed by atoms with Crippen molar-refractivity contribution in [2.75, 3.05) is 6.54 Å². The van der Waals surface area contributed by atoms with Gasteiger partial charge in [-0.05, 0) is 61.9 Å². The lowest BCUT2D eigenvalue weighted by molar-refractivity contribution is -0.137. The first kappa shape index (κ1) is 22.0. The summed E-state index contributed by atoms with van der Waals surface area (Å²) < 4.78 is 51.9. The number of hydrogen-bond donors (Lipinski definition) is 3. The fourth-order valence-electron chi connectivity index (χ4n) is 3.60. The van der Waals surface area contributed by atoms with Crippen molar-refractivity contribution in [3.63, 3.8) is 0 Å². The second-order valence-corrected chi connectivity index (χ2v) is 7.50. The second-order valence-electron chi connectivity index (χ2n) is 7.50. The molecule has 0 atom stereocenters. The van der Waals surface area contributed by atoms with Gasteiger partial charge in [0.05, 0.1) is 11.3 Å². The average Bonchev–Trinajstić information content (AvgIpc) is 2.71. The summed E-state index contributed by atoms with van der Waals surface area (Å²) in [5.74, 6) is -1.47. The van der Waals surface area contributed by atoms with Gasteiger partial charge in [0, 0.05) is 30.9 Å². The van der Waals surface area contributed by atoms with Crippen LogP contribution in [-0.4, -0.2) is 28.6 Å². The van der Waals surface area contributed by atoms with Crippen molar-refractivity contribution in [3.8, 4) is 5.75 Å². The van der Waals surface area contributed by atoms with E-state index >= 15 is 0 Å². The summed E-state index contributed by atoms with van der Waals surface area (Å²) >= 11 is 0. The van der Waals surface area contributed by atoms with Gasteiger partial charge in [0.2, 0.25) is 0 Å². The first-order valence-corrected chi connectivity index (χ1v) is 9.74. The van der Waals surface area contributed by atoms with E-state index in [-0.39, 0.29) is 23.3 Å². The molecule has 0 bridgehead atoms. The molecule has 3 rings (SSSR count). The number of halogens is 4. The van der Waals surface area contributed by atoms with Gasteiger partial charge in [-0.1, -0.05) is 0 Å². The minimum absolute atomic E-state index is 0.146. The van der Waals surface area contributed by atoms with Crippen LogP contribution in [0.25, 0.3) is 0 Å². The average molecular weight is 425 g/mol. The van der Waals surface area contributed by atoms with Crippen LogP contribution in [0.5, 0.6) is 5.75 Å². The highest BCUT2D eigenvalue weighted by Crippen LogP contribution is 2.30. The number of benzene rings is 1. The van der Waals surface area contributed by atoms with E-state index in [4.69, 9.17) is 0 Å². The highest BCUT2D eigenvalue weighted by molar-refractivity contribution is 5.94. The van der Waals surface area contributed by atoms with Crippen molar-refractivity contribution >= 4 is 5.91 Å². The van der Waals surface area contributed by atoms with E-state index in [0.717, 1.165) is 31.7 Å². The lowest BCUT2D eigenvalue weighted by Gasteiger charge is -2.29. The van der Waals surface area contributed by atoms with Crippen LogP contribution in [0.1, 0.15) is 47.3 Å². The molecular formula is C21H23F4N3O2. The highest BCUT2D eigenvalue weighted by atomic mass is 19.4. The molecule has 0 unspecified atom stereocenters. The lowest BCUT2D eigenvalue weighted by atomic mass is 9.86. The maximum atomic E-state index is 13.5. The Bertz CT molecular complexity index is 881. The number of pyridine rings is 1. The molecule has 30 heavy (non-hydrogen) atoms. The van der Waals surface area contributed by atoms with E-state index in [1.807, 2.05) is 0 Å². The standard InChI is InChI=1S/C21H23F4N3O2/c22-16-9-14(8-15(10-16)21(23,24)25)20(30)28-11-13-3-5-17(6-4-13)27-12-18-19(29)2-1-7-26-18/h1-2,7-10,13,17,27,29H,3-6,11-12H2,(H,28,30). The molecule has 1 heterocycles. The Kier molecular flexibility index (Phi) is 6.91. The molecule has 0 radical (unpaired) electrons. The molecule has 0 spiro atoms. The third kappa shape index (κ3) is 5.91. The molecule has 9 heteroatoms. The fraction of sp³-hybridized carbons (Fsp3) is 0.429. The topological polar surface area (TPSA) is 74.2 Å². The summed E-state index contributed by atoms with van der Waals surface area (Å²) in [5, 5.41) is 15.7. The van der Waals surface area contributed by atoms with Gasteiger partial charge in [-0.25, -0.2) is 4.39 Å². The summed E-state index contributed by atoms with van der Waals surface area (Å²) in [4.78, 5) is 16.3. The Balaban J connectivity index is 1.45. The largest absolute Gasteiger partial charge is 0.506 e. The van der Waals surface area contributed by atoms with Gasteiger partial charge in [0.25, 0.3) is 5.91 Å². The number of nitrogens with zero attached hydrogens (tertiary/aromatic N) is 1. The Morgan fingerprint density at radius 1 is 1.17 bits per heavy atom. The molecule has 3 N–H and O–H groups in total. The lowest BCUT2D eigenvalue weighted by Crippen LogP contribution is -2.37. The maximum absolute atomic E-state index is 13.5. The molecule has 5 nitrogen and oxygen atoms in total. The molecular weight excluding hydrogens is 402 g/mol. The van der Waals surface area contributed by atoms with E-state index < -0.39 is 23.5 Å². The summed E-state index contributed by atoms with van der Waals surface area (Å²) in [6.07, 6.45) is 0.312. The van der Waals surface area contributed by atoms with Crippen LogP contribution in [0.15, 0.2) is 36.5 Å². The molecule has 1 fully saturated rings. The normalized spacial score (nSPS) is 19.5. The summed E-state index contributed by atoms with van der Waals surface area (Å²) in [5.41, 5.74) is -0.939. The first-order valence-electron chi connectivity index (χ1n) is 9.74. The van der Waals surface area contributed by atoms with Crippen LogP contribution in [0.2, 0.25) is 0 Å². The number of aromatic hydroxyl groups is 1. The molecule has 1 aliphatic carbocycles. The molecule has 1 saturated carbocycles. The van der Waals surface area contributed by atoms with E-state index in [1.54, 1.807) is 18.3 Å². The third-order valence-corrected chi connectivity index (χ3v) is 5.31. The summed E-state index contributed by atoms with van der Waals surface area (Å²) in [6, 6.07) is 5.34. The van der Waals surface area contributed by atoms with Crippen molar-refractivity contribution in [2.45, 2.75) is 44.4 Å². The zero-order valence-corrected chi connectivity index (χ0v) is 16.2. The Labute approximate surface area is 171 Å². The molecule has 1 aromatic carbocycles. The molecule has 162 valence electrons. The molecule has 1 aliphatic rings. The van der Waals surface area contributed by atoms with Gasteiger partial charge in [0.15, 0.2) is 0 Å². The van der Waals surface area contributed by atoms with Crippen molar-refractivity contribution < 1.29 is 27.5 Å². The summed E-state index contributed by atoms with van der Waals surface area (Å²) in [7, 11) is 0. The van der Waals surface area contributed by atoms with Gasteiger partial charge in [0.1, 0.15) is 11.6 Å². The summed E-state index contributed by atoms with van der Waals surface area (Å²) in [6.45, 7) is 0.782. The first-order chi connectivity index (χ1) is 14.2. The van der Waals surface area contributed by atoms with E-state index in [1.165, 1.54) is 0 Å². The quantitative estimate of drug-likeness (QED) is 0.611. The molecule has 2 aromatic rings. The van der Waals surface area contributed by atoms with E-state index in [9.17, 15) is 27.5 Å². The maximum Gasteiger partial charge on any atom is 0.416 e. The predicted octanol–water partition coefficient (Wildman–Crippen LogP) is 4.02. The van der Waals surface area contributed by atoms with Crippen molar-refractivity contribution in [2.24, 2.45) is 5.92 Å². The smallest absolute Gasteiger partial charge is 0.416 e. The zero-order valence-electron chi connectivity index (χ0n) is 16.2. The monoisotopic (exact) mass is 425 g/mol. The SMILES string of the molecule is O=C(NCC1CCC(NCc2ncccc2O)CC1)c1cc(F)cc(C(F)(F)F)c1. The fourth-order valence-corrected chi connectivity index (χ4v) is 3.60. The molecule has 1 aromatic heterocycles. The van der Waals surface area contributed by atoms with Crippen molar-refractivity contribution in [1.29, 1.82) is 0 Å². The zero-order chi connectivity index (χ0) is 21.7. The number of carbonyl (C=O) groups is 1. The Morgan fingerprint density at radius 3 is 2.57 bits per heavy atom. The molecule has 0 aliphatic heterocycles. The third-order valence-electron chi connectivity index (χ3n) is 5.31. The number of nitrogens with one attached hydrogen (secondary N) is 2. The molecule has 1 amide bonds. The number of hydrogen-bond acceptors (Lipinski definition) is 4. The van der Waals surface area contributed by atoms with Crippen LogP contribution in [-0.2, 0) is 12.7 Å². The van der Waals surface area contributed by atoms with Crippen LogP contribution in [0.3, 0.4) is 0 Å². The number of carbonyl (C=O) groups excluding carboxylic acids is 1. The Morgan fingerprint density at radius 2 is 1.90 bits per heavy atom. The van der Waals surface area contributed by atoms with Crippen LogP contribution in [0.4, 0.5) is 17.6 Å². The second kappa shape index (κ2) is 9.42. The van der Waals surface area contributed by atoms with Gasteiger partial charge in [-0.15, -0.1) is 0 Å². The minimum Gasteiger partial charge on any atom is -0.506 e.